The monoisotopic (exact) mass is 499 g/mol. The van der Waals surface area contributed by atoms with Crippen molar-refractivity contribution in [2.24, 2.45) is 5.92 Å². The molecule has 0 bridgehead atoms. The number of rotatable bonds is 6. The molecule has 31 heavy (non-hydrogen) atoms. The molecule has 1 fully saturated rings. The average molecular weight is 501 g/mol. The van der Waals surface area contributed by atoms with Gasteiger partial charge in [0.05, 0.1) is 5.39 Å². The standard InChI is InChI=1S/C24H30BrN5S/c1-29(2)19-9-11-30(14-19)10-8-16-6-7-20-21(12-16)31-24-22(20)23(26-15-27-24)28-18-5-3-4-17(25)13-18/h3-5,13,15-16,19H,6-12,14H2,1-2H3,(H,26,27,28)/t16?,19-/m1/s1. The highest BCUT2D eigenvalue weighted by molar-refractivity contribution is 9.10. The number of nitrogens with one attached hydrogen (secondary N) is 1. The Morgan fingerprint density at radius 3 is 2.97 bits per heavy atom. The van der Waals surface area contributed by atoms with Crippen LogP contribution in [0.1, 0.15) is 29.7 Å². The zero-order valence-electron chi connectivity index (χ0n) is 18.3. The number of hydrogen-bond donors (Lipinski definition) is 1. The van der Waals surface area contributed by atoms with Crippen molar-refractivity contribution in [2.75, 3.05) is 39.0 Å². The molecule has 2 aromatic heterocycles. The Hall–Kier alpha value is -1.54. The highest BCUT2D eigenvalue weighted by Gasteiger charge is 2.27. The van der Waals surface area contributed by atoms with Gasteiger partial charge in [-0.1, -0.05) is 22.0 Å². The fourth-order valence-electron chi connectivity index (χ4n) is 5.02. The molecule has 2 aliphatic rings. The summed E-state index contributed by atoms with van der Waals surface area (Å²) in [5.74, 6) is 1.72. The minimum absolute atomic E-state index is 0.732. The number of fused-ring (bicyclic) bond motifs is 3. The summed E-state index contributed by atoms with van der Waals surface area (Å²) in [4.78, 5) is 16.9. The predicted octanol–water partition coefficient (Wildman–Crippen LogP) is 5.33. The van der Waals surface area contributed by atoms with Crippen LogP contribution in [-0.2, 0) is 12.8 Å². The lowest BCUT2D eigenvalue weighted by atomic mass is 9.85. The van der Waals surface area contributed by atoms with E-state index >= 15 is 0 Å². The molecule has 1 aliphatic carbocycles. The number of aromatic nitrogens is 2. The largest absolute Gasteiger partial charge is 0.340 e. The van der Waals surface area contributed by atoms with Gasteiger partial charge in [0.15, 0.2) is 0 Å². The van der Waals surface area contributed by atoms with Gasteiger partial charge in [0.25, 0.3) is 0 Å². The molecule has 0 saturated carbocycles. The first-order valence-electron chi connectivity index (χ1n) is 11.2. The van der Waals surface area contributed by atoms with Crippen molar-refractivity contribution in [2.45, 2.75) is 38.1 Å². The minimum Gasteiger partial charge on any atom is -0.340 e. The molecule has 1 saturated heterocycles. The number of halogens is 1. The zero-order valence-corrected chi connectivity index (χ0v) is 20.7. The van der Waals surface area contributed by atoms with Gasteiger partial charge < -0.3 is 15.1 Å². The molecule has 3 heterocycles. The zero-order chi connectivity index (χ0) is 21.4. The number of hydrogen-bond acceptors (Lipinski definition) is 6. The van der Waals surface area contributed by atoms with E-state index in [9.17, 15) is 0 Å². The molecule has 1 aromatic carbocycles. The second kappa shape index (κ2) is 9.14. The maximum absolute atomic E-state index is 4.61. The van der Waals surface area contributed by atoms with Crippen molar-refractivity contribution in [1.82, 2.24) is 19.8 Å². The Bertz CT molecular complexity index is 1070. The van der Waals surface area contributed by atoms with Crippen molar-refractivity contribution in [1.29, 1.82) is 0 Å². The van der Waals surface area contributed by atoms with Crippen molar-refractivity contribution in [3.8, 4) is 0 Å². The molecule has 3 aromatic rings. The topological polar surface area (TPSA) is 44.3 Å². The normalized spacial score (nSPS) is 21.7. The van der Waals surface area contributed by atoms with Crippen LogP contribution in [0.25, 0.3) is 10.2 Å². The third kappa shape index (κ3) is 4.65. The van der Waals surface area contributed by atoms with Gasteiger partial charge >= 0.3 is 0 Å². The maximum Gasteiger partial charge on any atom is 0.142 e. The van der Waals surface area contributed by atoms with Gasteiger partial charge in [-0.25, -0.2) is 9.97 Å². The van der Waals surface area contributed by atoms with Crippen LogP contribution >= 0.6 is 27.3 Å². The maximum atomic E-state index is 4.61. The van der Waals surface area contributed by atoms with Crippen molar-refractivity contribution < 1.29 is 0 Å². The molecule has 1 N–H and O–H groups in total. The minimum atomic E-state index is 0.732. The molecule has 0 spiro atoms. The van der Waals surface area contributed by atoms with Gasteiger partial charge in [0.2, 0.25) is 0 Å². The van der Waals surface area contributed by atoms with Gasteiger partial charge in [0, 0.05) is 27.6 Å². The number of likely N-dealkylation sites (N-methyl/N-ethyl adjacent to an activating group) is 1. The van der Waals surface area contributed by atoms with Crippen LogP contribution in [0, 0.1) is 5.92 Å². The van der Waals surface area contributed by atoms with E-state index in [1.807, 2.05) is 23.5 Å². The molecule has 5 rings (SSSR count). The van der Waals surface area contributed by atoms with Gasteiger partial charge in [0.1, 0.15) is 17.0 Å². The number of benzene rings is 1. The molecule has 1 aliphatic heterocycles. The van der Waals surface area contributed by atoms with E-state index in [1.165, 1.54) is 61.1 Å². The highest BCUT2D eigenvalue weighted by Crippen LogP contribution is 2.41. The van der Waals surface area contributed by atoms with E-state index in [2.05, 4.69) is 67.2 Å². The van der Waals surface area contributed by atoms with Gasteiger partial charge in [-0.05, 0) is 89.0 Å². The molecule has 1 unspecified atom stereocenters. The quantitative estimate of drug-likeness (QED) is 0.496. The van der Waals surface area contributed by atoms with E-state index in [0.717, 1.165) is 39.2 Å². The number of aryl methyl sites for hydroxylation is 1. The van der Waals surface area contributed by atoms with Crippen LogP contribution in [0.2, 0.25) is 0 Å². The molecular formula is C24H30BrN5S. The Balaban J connectivity index is 1.29. The van der Waals surface area contributed by atoms with Crippen LogP contribution in [-0.4, -0.2) is 59.5 Å². The first-order valence-corrected chi connectivity index (χ1v) is 12.8. The first-order chi connectivity index (χ1) is 15.1. The summed E-state index contributed by atoms with van der Waals surface area (Å²) in [6.07, 6.45) is 7.91. The Labute approximate surface area is 197 Å². The summed E-state index contributed by atoms with van der Waals surface area (Å²) in [6.45, 7) is 3.72. The average Bonchev–Trinajstić information content (AvgIpc) is 3.37. The van der Waals surface area contributed by atoms with E-state index in [4.69, 9.17) is 0 Å². The molecule has 0 amide bonds. The number of thiophene rings is 1. The van der Waals surface area contributed by atoms with Gasteiger partial charge in [-0.3, -0.25) is 0 Å². The molecule has 0 radical (unpaired) electrons. The van der Waals surface area contributed by atoms with Gasteiger partial charge in [-0.2, -0.15) is 0 Å². The van der Waals surface area contributed by atoms with Crippen LogP contribution in [0.15, 0.2) is 35.1 Å². The van der Waals surface area contributed by atoms with Crippen LogP contribution < -0.4 is 5.32 Å². The van der Waals surface area contributed by atoms with E-state index < -0.39 is 0 Å². The lowest BCUT2D eigenvalue weighted by molar-refractivity contribution is 0.252. The molecule has 5 nitrogen and oxygen atoms in total. The summed E-state index contributed by atoms with van der Waals surface area (Å²) < 4.78 is 1.06. The second-order valence-corrected chi connectivity index (χ2v) is 11.1. The summed E-state index contributed by atoms with van der Waals surface area (Å²) >= 11 is 5.43. The highest BCUT2D eigenvalue weighted by atomic mass is 79.9. The van der Waals surface area contributed by atoms with E-state index in [0.29, 0.717) is 0 Å². The van der Waals surface area contributed by atoms with Crippen LogP contribution in [0.5, 0.6) is 0 Å². The fraction of sp³-hybridized carbons (Fsp3) is 0.500. The summed E-state index contributed by atoms with van der Waals surface area (Å²) in [6, 6.07) is 8.97. The first kappa shape index (κ1) is 21.3. The fourth-order valence-corrected chi connectivity index (χ4v) is 6.73. The van der Waals surface area contributed by atoms with Crippen LogP contribution in [0.3, 0.4) is 0 Å². The second-order valence-electron chi connectivity index (χ2n) is 9.15. The smallest absolute Gasteiger partial charge is 0.142 e. The molecule has 7 heteroatoms. The molecule has 2 atom stereocenters. The Kier molecular flexibility index (Phi) is 6.28. The third-order valence-corrected chi connectivity index (χ3v) is 8.52. The van der Waals surface area contributed by atoms with E-state index in [1.54, 1.807) is 6.33 Å². The summed E-state index contributed by atoms with van der Waals surface area (Å²) in [5.41, 5.74) is 2.52. The van der Waals surface area contributed by atoms with Crippen molar-refractivity contribution in [3.63, 3.8) is 0 Å². The summed E-state index contributed by atoms with van der Waals surface area (Å²) in [7, 11) is 4.42. The summed E-state index contributed by atoms with van der Waals surface area (Å²) in [5, 5.41) is 4.76. The van der Waals surface area contributed by atoms with Crippen LogP contribution in [0.4, 0.5) is 11.5 Å². The van der Waals surface area contributed by atoms with Crippen molar-refractivity contribution in [3.05, 3.63) is 45.5 Å². The SMILES string of the molecule is CN(C)[C@@H]1CCN(CCC2CCc3c(sc4ncnc(Nc5cccc(Br)c5)c34)C2)C1. The predicted molar refractivity (Wildman–Crippen MR) is 134 cm³/mol. The van der Waals surface area contributed by atoms with E-state index in [-0.39, 0.29) is 0 Å². The van der Waals surface area contributed by atoms with Crippen molar-refractivity contribution >= 4 is 49.0 Å². The lowest BCUT2D eigenvalue weighted by Gasteiger charge is -2.25. The number of nitrogens with zero attached hydrogens (tertiary/aromatic N) is 4. The van der Waals surface area contributed by atoms with Gasteiger partial charge in [-0.15, -0.1) is 11.3 Å². The molecule has 164 valence electrons. The third-order valence-electron chi connectivity index (χ3n) is 6.87. The number of anilines is 2. The Morgan fingerprint density at radius 2 is 2.16 bits per heavy atom. The molecular weight excluding hydrogens is 470 g/mol. The number of likely N-dealkylation sites (tertiary alicyclic amines) is 1. The lowest BCUT2D eigenvalue weighted by Crippen LogP contribution is -2.32. The Morgan fingerprint density at radius 1 is 1.26 bits per heavy atom.